The third-order valence-electron chi connectivity index (χ3n) is 8.06. The zero-order valence-corrected chi connectivity index (χ0v) is 21.8. The van der Waals surface area contributed by atoms with E-state index in [4.69, 9.17) is 14.7 Å². The van der Waals surface area contributed by atoms with Gasteiger partial charge in [-0.3, -0.25) is 4.90 Å². The Balaban J connectivity index is 1.31. The molecule has 198 valence electrons. The molecule has 0 aliphatic carbocycles. The number of nitrogens with one attached hydrogen (secondary N) is 1. The first-order chi connectivity index (χ1) is 18.6. The predicted octanol–water partition coefficient (Wildman–Crippen LogP) is 3.31. The fraction of sp³-hybridized carbons (Fsp3) is 0.483. The number of nitriles is 1. The van der Waals surface area contributed by atoms with Gasteiger partial charge in [0.25, 0.3) is 0 Å². The molecule has 0 bridgehead atoms. The molecule has 3 aliphatic heterocycles. The number of anilines is 2. The van der Waals surface area contributed by atoms with Crippen molar-refractivity contribution in [3.63, 3.8) is 0 Å². The molecule has 6 rings (SSSR count). The van der Waals surface area contributed by atoms with Crippen molar-refractivity contribution in [2.75, 3.05) is 56.2 Å². The van der Waals surface area contributed by atoms with Gasteiger partial charge >= 0.3 is 6.01 Å². The van der Waals surface area contributed by atoms with Gasteiger partial charge in [0.2, 0.25) is 0 Å². The molecule has 2 fully saturated rings. The first-order valence-corrected chi connectivity index (χ1v) is 13.5. The van der Waals surface area contributed by atoms with Crippen LogP contribution in [0.15, 0.2) is 42.5 Å². The SMILES string of the molecule is CN1C[C@H](F)C[C@H]1COc1nc2c(c(N3CCN[C@@H](CC#N)C3)n1)CCN(c1cccc3ccccc13)C2. The number of fused-ring (bicyclic) bond motifs is 2. The van der Waals surface area contributed by atoms with E-state index in [1.54, 1.807) is 0 Å². The molecule has 4 heterocycles. The summed E-state index contributed by atoms with van der Waals surface area (Å²) < 4.78 is 20.1. The van der Waals surface area contributed by atoms with Crippen molar-refractivity contribution in [1.29, 1.82) is 5.26 Å². The molecule has 3 atom stereocenters. The third kappa shape index (κ3) is 4.98. The van der Waals surface area contributed by atoms with Gasteiger partial charge in [-0.2, -0.15) is 15.2 Å². The molecule has 2 saturated heterocycles. The maximum Gasteiger partial charge on any atom is 0.318 e. The normalized spacial score (nSPS) is 23.9. The van der Waals surface area contributed by atoms with Gasteiger partial charge in [0.15, 0.2) is 0 Å². The van der Waals surface area contributed by atoms with Gasteiger partial charge in [0.05, 0.1) is 24.7 Å². The predicted molar refractivity (Wildman–Crippen MR) is 146 cm³/mol. The second kappa shape index (κ2) is 10.7. The quantitative estimate of drug-likeness (QED) is 0.536. The highest BCUT2D eigenvalue weighted by Crippen LogP contribution is 2.34. The number of hydrogen-bond donors (Lipinski definition) is 1. The van der Waals surface area contributed by atoms with Crippen LogP contribution < -0.4 is 19.9 Å². The highest BCUT2D eigenvalue weighted by atomic mass is 19.1. The first-order valence-electron chi connectivity index (χ1n) is 13.5. The summed E-state index contributed by atoms with van der Waals surface area (Å²) in [6.45, 7) is 4.67. The van der Waals surface area contributed by atoms with Crippen LogP contribution >= 0.6 is 0 Å². The molecular weight excluding hydrogens is 481 g/mol. The summed E-state index contributed by atoms with van der Waals surface area (Å²) in [5.41, 5.74) is 3.34. The summed E-state index contributed by atoms with van der Waals surface area (Å²) >= 11 is 0. The average molecular weight is 516 g/mol. The number of likely N-dealkylation sites (tertiary alicyclic amines) is 1. The molecule has 38 heavy (non-hydrogen) atoms. The summed E-state index contributed by atoms with van der Waals surface area (Å²) in [6, 6.07) is 17.7. The van der Waals surface area contributed by atoms with E-state index >= 15 is 0 Å². The van der Waals surface area contributed by atoms with Crippen molar-refractivity contribution in [2.45, 2.75) is 44.1 Å². The molecule has 3 aromatic rings. The topological polar surface area (TPSA) is 80.5 Å². The zero-order valence-electron chi connectivity index (χ0n) is 21.8. The number of piperazine rings is 1. The van der Waals surface area contributed by atoms with E-state index in [1.807, 2.05) is 11.9 Å². The molecule has 1 N–H and O–H groups in total. The highest BCUT2D eigenvalue weighted by molar-refractivity contribution is 5.94. The number of likely N-dealkylation sites (N-methyl/N-ethyl adjacent to an activating group) is 1. The van der Waals surface area contributed by atoms with Crippen molar-refractivity contribution >= 4 is 22.3 Å². The highest BCUT2D eigenvalue weighted by Gasteiger charge is 2.32. The van der Waals surface area contributed by atoms with E-state index in [9.17, 15) is 9.65 Å². The Morgan fingerprint density at radius 2 is 1.97 bits per heavy atom. The Kier molecular flexibility index (Phi) is 7.00. The van der Waals surface area contributed by atoms with Gasteiger partial charge in [-0.05, 0) is 31.3 Å². The molecule has 0 saturated carbocycles. The van der Waals surface area contributed by atoms with Crippen LogP contribution in [0.25, 0.3) is 10.8 Å². The minimum atomic E-state index is -0.819. The monoisotopic (exact) mass is 515 g/mol. The lowest BCUT2D eigenvalue weighted by molar-refractivity contribution is 0.187. The van der Waals surface area contributed by atoms with E-state index in [-0.39, 0.29) is 12.1 Å². The van der Waals surface area contributed by atoms with Gasteiger partial charge in [0.1, 0.15) is 18.6 Å². The minimum absolute atomic E-state index is 0.0134. The van der Waals surface area contributed by atoms with Crippen molar-refractivity contribution in [2.24, 2.45) is 0 Å². The summed E-state index contributed by atoms with van der Waals surface area (Å²) in [5, 5.41) is 15.1. The van der Waals surface area contributed by atoms with Crippen LogP contribution in [0.2, 0.25) is 0 Å². The average Bonchev–Trinajstić information content (AvgIpc) is 3.27. The maximum absolute atomic E-state index is 13.9. The summed E-state index contributed by atoms with van der Waals surface area (Å²) in [5.74, 6) is 0.912. The second-order valence-electron chi connectivity index (χ2n) is 10.6. The number of aromatic nitrogens is 2. The van der Waals surface area contributed by atoms with E-state index in [1.165, 1.54) is 16.5 Å². The van der Waals surface area contributed by atoms with Crippen LogP contribution in [0.5, 0.6) is 6.01 Å². The Bertz CT molecular complexity index is 1340. The molecule has 0 radical (unpaired) electrons. The lowest BCUT2D eigenvalue weighted by Crippen LogP contribution is -2.51. The lowest BCUT2D eigenvalue weighted by Gasteiger charge is -2.37. The van der Waals surface area contributed by atoms with Crippen LogP contribution in [0.3, 0.4) is 0 Å². The van der Waals surface area contributed by atoms with E-state index < -0.39 is 6.17 Å². The smallest absolute Gasteiger partial charge is 0.318 e. The zero-order chi connectivity index (χ0) is 26.1. The summed E-state index contributed by atoms with van der Waals surface area (Å²) in [6.07, 6.45) is 0.938. The number of rotatable bonds is 6. The van der Waals surface area contributed by atoms with E-state index in [0.717, 1.165) is 49.7 Å². The molecule has 3 aliphatic rings. The number of hydrogen-bond acceptors (Lipinski definition) is 8. The number of benzene rings is 2. The van der Waals surface area contributed by atoms with Crippen molar-refractivity contribution in [1.82, 2.24) is 20.2 Å². The maximum atomic E-state index is 13.9. The molecule has 0 unspecified atom stereocenters. The van der Waals surface area contributed by atoms with Crippen LogP contribution in [-0.4, -0.2) is 79.5 Å². The second-order valence-corrected chi connectivity index (χ2v) is 10.6. The minimum Gasteiger partial charge on any atom is -0.462 e. The fourth-order valence-corrected chi connectivity index (χ4v) is 6.05. The van der Waals surface area contributed by atoms with E-state index in [2.05, 4.69) is 63.7 Å². The molecule has 9 heteroatoms. The van der Waals surface area contributed by atoms with Crippen molar-refractivity contribution < 1.29 is 9.13 Å². The van der Waals surface area contributed by atoms with Gasteiger partial charge in [0, 0.05) is 61.4 Å². The Labute approximate surface area is 223 Å². The molecule has 1 aromatic heterocycles. The third-order valence-corrected chi connectivity index (χ3v) is 8.06. The van der Waals surface area contributed by atoms with Gasteiger partial charge in [-0.1, -0.05) is 36.4 Å². The number of halogens is 1. The fourth-order valence-electron chi connectivity index (χ4n) is 6.05. The summed E-state index contributed by atoms with van der Waals surface area (Å²) in [4.78, 5) is 16.5. The molecule has 0 spiro atoms. The Morgan fingerprint density at radius 1 is 1.11 bits per heavy atom. The van der Waals surface area contributed by atoms with Gasteiger partial charge in [-0.15, -0.1) is 0 Å². The molecular formula is C29H34FN7O. The van der Waals surface area contributed by atoms with Crippen LogP contribution in [0, 0.1) is 11.3 Å². The molecule has 0 amide bonds. The number of nitrogens with zero attached hydrogens (tertiary/aromatic N) is 6. The Hall–Kier alpha value is -3.48. The van der Waals surface area contributed by atoms with Gasteiger partial charge < -0.3 is 19.9 Å². The molecule has 8 nitrogen and oxygen atoms in total. The van der Waals surface area contributed by atoms with Crippen LogP contribution in [0.1, 0.15) is 24.1 Å². The lowest BCUT2D eigenvalue weighted by atomic mass is 10.0. The number of alkyl halides is 1. The standard InChI is InChI=1S/C29H34FN7O/c1-35-16-21(30)15-23(35)19-38-29-33-26-18-36(27-8-4-6-20-5-2-3-7-24(20)27)13-10-25(26)28(34-29)37-14-12-32-22(17-37)9-11-31/h2-8,21-23,32H,9-10,12-19H2,1H3/t21-,22+,23+/m1/s1. The summed E-state index contributed by atoms with van der Waals surface area (Å²) in [7, 11) is 1.94. The van der Waals surface area contributed by atoms with Crippen LogP contribution in [-0.2, 0) is 13.0 Å². The van der Waals surface area contributed by atoms with E-state index in [0.29, 0.717) is 38.5 Å². The Morgan fingerprint density at radius 3 is 2.82 bits per heavy atom. The number of ether oxygens (including phenoxy) is 1. The van der Waals surface area contributed by atoms with Gasteiger partial charge in [-0.25, -0.2) is 4.39 Å². The largest absolute Gasteiger partial charge is 0.462 e. The van der Waals surface area contributed by atoms with Crippen molar-refractivity contribution in [3.8, 4) is 12.1 Å². The van der Waals surface area contributed by atoms with Crippen molar-refractivity contribution in [3.05, 3.63) is 53.7 Å². The first kappa shape index (κ1) is 24.8. The van der Waals surface area contributed by atoms with Crippen LogP contribution in [0.4, 0.5) is 15.9 Å². The molecule has 2 aromatic carbocycles.